The number of carbonyl (C=O) groups excluding carboxylic acids is 1. The Morgan fingerprint density at radius 2 is 1.56 bits per heavy atom. The van der Waals surface area contributed by atoms with Gasteiger partial charge in [-0.15, -0.1) is 0 Å². The van der Waals surface area contributed by atoms with Crippen molar-refractivity contribution in [2.45, 2.75) is 201 Å². The minimum atomic E-state index is -0.875. The number of fused-ring (bicyclic) bond motifs is 6. The van der Waals surface area contributed by atoms with Crippen molar-refractivity contribution >= 4 is 5.78 Å². The van der Waals surface area contributed by atoms with Gasteiger partial charge in [0.05, 0.1) is 61.5 Å². The number of carbonyl (C=O) groups is 1. The largest absolute Gasteiger partial charge is 0.394 e. The van der Waals surface area contributed by atoms with E-state index in [-0.39, 0.29) is 104 Å². The summed E-state index contributed by atoms with van der Waals surface area (Å²) in [6, 6.07) is 0. The Morgan fingerprint density at radius 1 is 0.788 bits per heavy atom. The van der Waals surface area contributed by atoms with Gasteiger partial charge in [-0.3, -0.25) is 4.79 Å². The summed E-state index contributed by atoms with van der Waals surface area (Å²) in [4.78, 5) is 14.0. The summed E-state index contributed by atoms with van der Waals surface area (Å²) in [6.45, 7) is 15.1. The van der Waals surface area contributed by atoms with Gasteiger partial charge in [-0.25, -0.2) is 0 Å². The van der Waals surface area contributed by atoms with Crippen LogP contribution in [0.25, 0.3) is 0 Å². The van der Waals surface area contributed by atoms with Crippen molar-refractivity contribution in [1.29, 1.82) is 0 Å². The minimum Gasteiger partial charge on any atom is -0.394 e. The molecule has 11 heteroatoms. The summed E-state index contributed by atoms with van der Waals surface area (Å²) in [5.41, 5.74) is 1.72. The van der Waals surface area contributed by atoms with E-state index in [2.05, 4.69) is 33.9 Å². The number of hydrogen-bond acceptors (Lipinski definition) is 11. The maximum Gasteiger partial charge on any atom is 0.172 e. The second kappa shape index (κ2) is 13.7. The van der Waals surface area contributed by atoms with Crippen LogP contribution in [-0.2, 0) is 42.7 Å². The second-order valence-corrected chi connectivity index (χ2v) is 18.2. The van der Waals surface area contributed by atoms with Crippen LogP contribution in [0.4, 0.5) is 0 Å². The molecule has 0 aromatic heterocycles. The lowest BCUT2D eigenvalue weighted by atomic mass is 9.78. The lowest BCUT2D eigenvalue weighted by Gasteiger charge is -2.47. The predicted molar refractivity (Wildman–Crippen MR) is 187 cm³/mol. The Kier molecular flexibility index (Phi) is 9.62. The molecular formula is C41H60O11. The van der Waals surface area contributed by atoms with Gasteiger partial charge < -0.3 is 48.1 Å². The van der Waals surface area contributed by atoms with E-state index in [1.54, 1.807) is 0 Å². The van der Waals surface area contributed by atoms with Crippen molar-refractivity contribution in [2.75, 3.05) is 6.61 Å². The van der Waals surface area contributed by atoms with Gasteiger partial charge in [0.1, 0.15) is 41.9 Å². The van der Waals surface area contributed by atoms with Crippen molar-refractivity contribution in [3.05, 3.63) is 24.3 Å². The summed E-state index contributed by atoms with van der Waals surface area (Å²) in [6.07, 6.45) is 5.40. The fourth-order valence-electron chi connectivity index (χ4n) is 11.7. The average molecular weight is 729 g/mol. The molecule has 0 amide bonds. The third-order valence-corrected chi connectivity index (χ3v) is 14.5. The molecule has 0 aromatic carbocycles. The zero-order chi connectivity index (χ0) is 36.1. The number of hydrogen-bond donors (Lipinski definition) is 2. The molecule has 0 aromatic rings. The normalized spacial score (nSPS) is 53.8. The lowest BCUT2D eigenvalue weighted by molar-refractivity contribution is -0.294. The van der Waals surface area contributed by atoms with Crippen LogP contribution >= 0.6 is 0 Å². The van der Waals surface area contributed by atoms with Crippen LogP contribution in [-0.4, -0.2) is 119 Å². The molecule has 19 atom stereocenters. The van der Waals surface area contributed by atoms with E-state index in [1.807, 2.05) is 0 Å². The number of rotatable bonds is 3. The van der Waals surface area contributed by atoms with E-state index < -0.39 is 17.5 Å². The third-order valence-electron chi connectivity index (χ3n) is 14.5. The van der Waals surface area contributed by atoms with E-state index in [4.69, 9.17) is 37.9 Å². The molecule has 5 unspecified atom stereocenters. The minimum absolute atomic E-state index is 0.0143. The molecule has 0 saturated carbocycles. The zero-order valence-corrected chi connectivity index (χ0v) is 31.2. The number of ketones is 1. The van der Waals surface area contributed by atoms with Gasteiger partial charge >= 0.3 is 0 Å². The molecule has 1 spiro atoms. The average Bonchev–Trinajstić information content (AvgIpc) is 3.73. The Balaban J connectivity index is 0.994. The van der Waals surface area contributed by atoms with Crippen LogP contribution in [0.15, 0.2) is 24.3 Å². The molecule has 11 nitrogen and oxygen atoms in total. The molecular weight excluding hydrogens is 668 g/mol. The summed E-state index contributed by atoms with van der Waals surface area (Å²) >= 11 is 0. The predicted octanol–water partition coefficient (Wildman–Crippen LogP) is 4.48. The highest BCUT2D eigenvalue weighted by atomic mass is 16.8. The quantitative estimate of drug-likeness (QED) is 0.399. The Morgan fingerprint density at radius 3 is 2.38 bits per heavy atom. The fraction of sp³-hybridized carbons (Fsp3) is 0.878. The molecule has 2 N–H and O–H groups in total. The monoisotopic (exact) mass is 728 g/mol. The second-order valence-electron chi connectivity index (χ2n) is 18.2. The van der Waals surface area contributed by atoms with Crippen molar-refractivity contribution in [3.8, 4) is 0 Å². The summed E-state index contributed by atoms with van der Waals surface area (Å²) in [5.74, 6) is -0.418. The lowest BCUT2D eigenvalue weighted by Crippen LogP contribution is -2.61. The zero-order valence-electron chi connectivity index (χ0n) is 31.2. The van der Waals surface area contributed by atoms with E-state index in [0.29, 0.717) is 44.4 Å². The fourth-order valence-corrected chi connectivity index (χ4v) is 11.7. The molecule has 10 rings (SSSR count). The molecule has 10 aliphatic heterocycles. The Labute approximate surface area is 308 Å². The Hall–Kier alpha value is -1.25. The maximum atomic E-state index is 14.0. The third kappa shape index (κ3) is 6.40. The molecule has 0 radical (unpaired) electrons. The highest BCUT2D eigenvalue weighted by Crippen LogP contribution is 2.58. The van der Waals surface area contributed by atoms with Crippen LogP contribution < -0.4 is 0 Å². The van der Waals surface area contributed by atoms with Gasteiger partial charge in [-0.1, -0.05) is 27.0 Å². The molecule has 10 aliphatic rings. The standard InChI is InChI=1S/C41H60O11/c1-20-12-26-6-8-30-21(2)13-28(45-30)10-11-41-19-40(5)39(52-41)38-37(50-40)36(51-41)35-31(49-38)9-7-27(47-35)14-24(43)15-29-23(4)32(16-25(44)18-42)48-34(29)17-33(46-26)22(20)3/h20,23,25-39,42,44H,2-3,6-19H2,1,4-5H3/t20-,23-,25+,26?,27?,28?,29-,30-,31+,32-,33-,34?,35+,36+,37+,38-,39?,40-,41-/m1/s1. The first kappa shape index (κ1) is 36.4. The van der Waals surface area contributed by atoms with E-state index >= 15 is 0 Å². The smallest absolute Gasteiger partial charge is 0.172 e. The van der Waals surface area contributed by atoms with Gasteiger partial charge in [0.25, 0.3) is 0 Å². The van der Waals surface area contributed by atoms with Crippen molar-refractivity contribution < 1.29 is 52.9 Å². The van der Waals surface area contributed by atoms with Gasteiger partial charge in [-0.2, -0.15) is 0 Å². The van der Waals surface area contributed by atoms with Gasteiger partial charge in [0, 0.05) is 38.5 Å². The first-order chi connectivity index (χ1) is 24.9. The van der Waals surface area contributed by atoms with Crippen LogP contribution in [0, 0.1) is 17.8 Å². The summed E-state index contributed by atoms with van der Waals surface area (Å²) in [7, 11) is 0. The number of aliphatic hydroxyl groups excluding tert-OH is 2. The molecule has 12 bridgehead atoms. The van der Waals surface area contributed by atoms with Crippen LogP contribution in [0.5, 0.6) is 0 Å². The van der Waals surface area contributed by atoms with Crippen molar-refractivity contribution in [3.63, 3.8) is 0 Å². The highest BCUT2D eigenvalue weighted by Gasteiger charge is 2.73. The van der Waals surface area contributed by atoms with Crippen LogP contribution in [0.2, 0.25) is 0 Å². The van der Waals surface area contributed by atoms with Gasteiger partial charge in [0.2, 0.25) is 0 Å². The van der Waals surface area contributed by atoms with Gasteiger partial charge in [0.15, 0.2) is 5.79 Å². The SMILES string of the molecule is C=C1CC2CC[C@@]34C[C@@]5(C)O[C@H]6[C@@H](O3)[C@H]3OC(CC[C@@H]3O[C@H]6C5O4)CC(=O)C[C@H]3C(C[C@H]4OC(CC[C@H]1O2)C[C@@H](C)C4=C)O[C@H](C[C@H](O)CO)[C@@H]3C. The van der Waals surface area contributed by atoms with Crippen molar-refractivity contribution in [1.82, 2.24) is 0 Å². The molecule has 10 fully saturated rings. The van der Waals surface area contributed by atoms with E-state index in [1.165, 1.54) is 0 Å². The molecule has 10 saturated heterocycles. The number of aliphatic hydroxyl groups is 2. The summed E-state index contributed by atoms with van der Waals surface area (Å²) in [5, 5.41) is 20.0. The molecule has 52 heavy (non-hydrogen) atoms. The maximum absolute atomic E-state index is 14.0. The molecule has 10 heterocycles. The van der Waals surface area contributed by atoms with E-state index in [9.17, 15) is 15.0 Å². The highest BCUT2D eigenvalue weighted by molar-refractivity contribution is 5.79. The van der Waals surface area contributed by atoms with E-state index in [0.717, 1.165) is 56.1 Å². The number of ether oxygens (including phenoxy) is 8. The Bertz CT molecular complexity index is 1400. The first-order valence-electron chi connectivity index (χ1n) is 20.4. The van der Waals surface area contributed by atoms with Gasteiger partial charge in [-0.05, 0) is 80.8 Å². The van der Waals surface area contributed by atoms with Crippen LogP contribution in [0.1, 0.15) is 104 Å². The molecule has 0 aliphatic carbocycles. The molecule has 290 valence electrons. The van der Waals surface area contributed by atoms with Crippen LogP contribution in [0.3, 0.4) is 0 Å². The first-order valence-corrected chi connectivity index (χ1v) is 20.4. The van der Waals surface area contributed by atoms with Crippen molar-refractivity contribution in [2.24, 2.45) is 17.8 Å². The topological polar surface area (TPSA) is 131 Å². The number of Topliss-reactive ketones (excluding diaryl/α,β-unsaturated/α-hetero) is 1. The summed E-state index contributed by atoms with van der Waals surface area (Å²) < 4.78 is 54.4.